The zero-order chi connectivity index (χ0) is 13.7. The maximum absolute atomic E-state index is 12.7. The monoisotopic (exact) mass is 283 g/mol. The molecule has 0 saturated carbocycles. The van der Waals surface area contributed by atoms with Crippen molar-refractivity contribution in [3.05, 3.63) is 35.6 Å². The van der Waals surface area contributed by atoms with Gasteiger partial charge in [0.05, 0.1) is 19.0 Å². The second kappa shape index (κ2) is 6.39. The predicted molar refractivity (Wildman–Crippen MR) is 74.5 cm³/mol. The van der Waals surface area contributed by atoms with Crippen molar-refractivity contribution in [2.24, 2.45) is 5.41 Å². The summed E-state index contributed by atoms with van der Waals surface area (Å²) in [6.07, 6.45) is 0. The molecule has 1 N–H and O–H groups in total. The molecule has 1 aromatic carbocycles. The largest absolute Gasteiger partial charge is 0.380 e. The van der Waals surface area contributed by atoms with Gasteiger partial charge in [-0.05, 0) is 17.7 Å². The Morgan fingerprint density at radius 3 is 2.68 bits per heavy atom. The Kier molecular flexibility index (Phi) is 4.82. The molecule has 1 heterocycles. The van der Waals surface area contributed by atoms with Crippen molar-refractivity contribution in [3.63, 3.8) is 0 Å². The number of halogens is 1. The molecule has 5 heteroatoms. The van der Waals surface area contributed by atoms with Gasteiger partial charge in [-0.15, -0.1) is 11.8 Å². The summed E-state index contributed by atoms with van der Waals surface area (Å²) in [4.78, 5) is 11.6. The summed E-state index contributed by atoms with van der Waals surface area (Å²) < 4.78 is 17.8. The first-order valence-corrected chi connectivity index (χ1v) is 7.40. The van der Waals surface area contributed by atoms with E-state index in [1.807, 2.05) is 0 Å². The second-order valence-electron chi connectivity index (χ2n) is 5.20. The van der Waals surface area contributed by atoms with Crippen LogP contribution in [0.4, 0.5) is 4.39 Å². The van der Waals surface area contributed by atoms with Gasteiger partial charge in [0, 0.05) is 17.7 Å². The van der Waals surface area contributed by atoms with Crippen LogP contribution in [0.3, 0.4) is 0 Å². The second-order valence-corrected chi connectivity index (χ2v) is 6.19. The molecule has 0 spiro atoms. The Balaban J connectivity index is 1.62. The topological polar surface area (TPSA) is 38.3 Å². The van der Waals surface area contributed by atoms with Crippen molar-refractivity contribution in [2.45, 2.75) is 12.7 Å². The van der Waals surface area contributed by atoms with Crippen LogP contribution < -0.4 is 5.32 Å². The van der Waals surface area contributed by atoms with E-state index < -0.39 is 0 Å². The number of carbonyl (C=O) groups is 1. The first-order chi connectivity index (χ1) is 9.07. The summed E-state index contributed by atoms with van der Waals surface area (Å²) in [5, 5.41) is 2.92. The van der Waals surface area contributed by atoms with Gasteiger partial charge in [0.1, 0.15) is 5.82 Å². The Hall–Kier alpha value is -1.07. The average molecular weight is 283 g/mol. The van der Waals surface area contributed by atoms with Crippen LogP contribution >= 0.6 is 11.8 Å². The van der Waals surface area contributed by atoms with Crippen molar-refractivity contribution in [3.8, 4) is 0 Å². The highest BCUT2D eigenvalue weighted by Crippen LogP contribution is 2.25. The third kappa shape index (κ3) is 4.51. The Morgan fingerprint density at radius 1 is 1.42 bits per heavy atom. The minimum atomic E-state index is -0.234. The zero-order valence-electron chi connectivity index (χ0n) is 10.9. The molecule has 1 fully saturated rings. The van der Waals surface area contributed by atoms with Gasteiger partial charge in [-0.2, -0.15) is 0 Å². The first kappa shape index (κ1) is 14.3. The van der Waals surface area contributed by atoms with Gasteiger partial charge in [-0.3, -0.25) is 4.79 Å². The SMILES string of the molecule is CC1(CNC(=O)CSCc2ccc(F)cc2)COC1. The van der Waals surface area contributed by atoms with Crippen LogP contribution in [0.5, 0.6) is 0 Å². The molecule has 19 heavy (non-hydrogen) atoms. The summed E-state index contributed by atoms with van der Waals surface area (Å²) in [5.74, 6) is 0.949. The van der Waals surface area contributed by atoms with E-state index in [1.165, 1.54) is 23.9 Å². The van der Waals surface area contributed by atoms with Gasteiger partial charge < -0.3 is 10.1 Å². The van der Waals surface area contributed by atoms with Crippen molar-refractivity contribution in [1.29, 1.82) is 0 Å². The summed E-state index contributed by atoms with van der Waals surface area (Å²) in [6.45, 7) is 4.21. The van der Waals surface area contributed by atoms with Crippen molar-refractivity contribution in [2.75, 3.05) is 25.5 Å². The minimum absolute atomic E-state index is 0.0419. The first-order valence-electron chi connectivity index (χ1n) is 6.24. The van der Waals surface area contributed by atoms with Gasteiger partial charge >= 0.3 is 0 Å². The van der Waals surface area contributed by atoms with Crippen LogP contribution in [0, 0.1) is 11.2 Å². The molecule has 0 radical (unpaired) electrons. The number of carbonyl (C=O) groups excluding carboxylic acids is 1. The van der Waals surface area contributed by atoms with Crippen LogP contribution in [-0.4, -0.2) is 31.4 Å². The highest BCUT2D eigenvalue weighted by Gasteiger charge is 2.33. The van der Waals surface area contributed by atoms with Gasteiger partial charge in [0.2, 0.25) is 5.91 Å². The molecule has 0 unspecified atom stereocenters. The number of benzene rings is 1. The number of rotatable bonds is 6. The quantitative estimate of drug-likeness (QED) is 0.870. The molecular formula is C14H18FNO2S. The highest BCUT2D eigenvalue weighted by atomic mass is 32.2. The van der Waals surface area contributed by atoms with Crippen molar-refractivity contribution >= 4 is 17.7 Å². The Morgan fingerprint density at radius 2 is 2.11 bits per heavy atom. The van der Waals surface area contributed by atoms with E-state index in [4.69, 9.17) is 4.74 Å². The lowest BCUT2D eigenvalue weighted by Crippen LogP contribution is -2.48. The van der Waals surface area contributed by atoms with E-state index in [9.17, 15) is 9.18 Å². The van der Waals surface area contributed by atoms with E-state index in [1.54, 1.807) is 12.1 Å². The normalized spacial score (nSPS) is 16.7. The summed E-state index contributed by atoms with van der Waals surface area (Å²) in [7, 11) is 0. The molecule has 104 valence electrons. The molecule has 2 rings (SSSR count). The van der Waals surface area contributed by atoms with Gasteiger partial charge in [0.25, 0.3) is 0 Å². The van der Waals surface area contributed by atoms with Gasteiger partial charge in [0.15, 0.2) is 0 Å². The van der Waals surface area contributed by atoms with Gasteiger partial charge in [-0.25, -0.2) is 4.39 Å². The summed E-state index contributed by atoms with van der Waals surface area (Å²) in [5.41, 5.74) is 1.13. The lowest BCUT2D eigenvalue weighted by Gasteiger charge is -2.38. The van der Waals surface area contributed by atoms with E-state index >= 15 is 0 Å². The number of ether oxygens (including phenoxy) is 1. The molecular weight excluding hydrogens is 265 g/mol. The molecule has 1 aromatic rings. The molecule has 0 bridgehead atoms. The van der Waals surface area contributed by atoms with E-state index in [0.717, 1.165) is 18.8 Å². The van der Waals surface area contributed by atoms with Gasteiger partial charge in [-0.1, -0.05) is 19.1 Å². The number of hydrogen-bond donors (Lipinski definition) is 1. The summed E-state index contributed by atoms with van der Waals surface area (Å²) >= 11 is 1.53. The molecule has 1 aliphatic heterocycles. The lowest BCUT2D eigenvalue weighted by molar-refractivity contribution is -0.124. The lowest BCUT2D eigenvalue weighted by atomic mass is 9.89. The van der Waals surface area contributed by atoms with Crippen LogP contribution in [0.1, 0.15) is 12.5 Å². The smallest absolute Gasteiger partial charge is 0.230 e. The fourth-order valence-corrected chi connectivity index (χ4v) is 2.58. The van der Waals surface area contributed by atoms with Crippen molar-refractivity contribution < 1.29 is 13.9 Å². The molecule has 1 aliphatic rings. The minimum Gasteiger partial charge on any atom is -0.380 e. The number of nitrogens with one attached hydrogen (secondary N) is 1. The number of hydrogen-bond acceptors (Lipinski definition) is 3. The van der Waals surface area contributed by atoms with E-state index in [-0.39, 0.29) is 17.1 Å². The highest BCUT2D eigenvalue weighted by molar-refractivity contribution is 7.99. The molecule has 0 atom stereocenters. The number of amides is 1. The third-order valence-corrected chi connectivity index (χ3v) is 4.03. The van der Waals surface area contributed by atoms with E-state index in [0.29, 0.717) is 18.1 Å². The van der Waals surface area contributed by atoms with Crippen LogP contribution in [0.15, 0.2) is 24.3 Å². The molecule has 3 nitrogen and oxygen atoms in total. The molecule has 0 aromatic heterocycles. The number of thioether (sulfide) groups is 1. The Labute approximate surface area is 116 Å². The fraction of sp³-hybridized carbons (Fsp3) is 0.500. The molecule has 1 amide bonds. The third-order valence-electron chi connectivity index (χ3n) is 3.03. The maximum Gasteiger partial charge on any atom is 0.230 e. The standard InChI is InChI=1S/C14H18FNO2S/c1-14(9-18-10-14)8-16-13(17)7-19-6-11-2-4-12(15)5-3-11/h2-5H,6-10H2,1H3,(H,16,17). The maximum atomic E-state index is 12.7. The average Bonchev–Trinajstić information content (AvgIpc) is 2.36. The Bertz CT molecular complexity index is 432. The zero-order valence-corrected chi connectivity index (χ0v) is 11.8. The van der Waals surface area contributed by atoms with Crippen LogP contribution in [0.2, 0.25) is 0 Å². The molecule has 1 saturated heterocycles. The van der Waals surface area contributed by atoms with Crippen LogP contribution in [0.25, 0.3) is 0 Å². The van der Waals surface area contributed by atoms with E-state index in [2.05, 4.69) is 12.2 Å². The fourth-order valence-electron chi connectivity index (χ4n) is 1.76. The van der Waals surface area contributed by atoms with Crippen molar-refractivity contribution in [1.82, 2.24) is 5.32 Å². The summed E-state index contributed by atoms with van der Waals surface area (Å²) in [6, 6.07) is 6.36. The molecule has 0 aliphatic carbocycles. The van der Waals surface area contributed by atoms with Crippen LogP contribution in [-0.2, 0) is 15.3 Å². The predicted octanol–water partition coefficient (Wildman–Crippen LogP) is 2.21.